The van der Waals surface area contributed by atoms with Crippen molar-refractivity contribution < 1.29 is 28.7 Å². The van der Waals surface area contributed by atoms with Crippen molar-refractivity contribution in [3.8, 4) is 5.75 Å². The highest BCUT2D eigenvalue weighted by molar-refractivity contribution is 6.48. The van der Waals surface area contributed by atoms with Crippen LogP contribution in [0.25, 0.3) is 0 Å². The zero-order valence-corrected chi connectivity index (χ0v) is 20.6. The molecule has 0 aromatic heterocycles. The van der Waals surface area contributed by atoms with Gasteiger partial charge in [-0.15, -0.1) is 0 Å². The largest absolute Gasteiger partial charge is 0.489 e. The summed E-state index contributed by atoms with van der Waals surface area (Å²) in [5, 5.41) is 0.564. The fourth-order valence-corrected chi connectivity index (χ4v) is 5.20. The van der Waals surface area contributed by atoms with Crippen molar-refractivity contribution in [3.63, 3.8) is 0 Å². The molecule has 2 saturated heterocycles. The number of nitrogens with one attached hydrogen (secondary N) is 1. The predicted octanol–water partition coefficient (Wildman–Crippen LogP) is -2.08. The molecule has 2 aromatic carbocycles. The van der Waals surface area contributed by atoms with E-state index in [4.69, 9.17) is 40.9 Å². The summed E-state index contributed by atoms with van der Waals surface area (Å²) in [5.74, 6) is -1.02. The molecule has 5 rings (SSSR count). The Morgan fingerprint density at radius 1 is 1.11 bits per heavy atom. The Hall–Kier alpha value is -3.46. The lowest BCUT2D eigenvalue weighted by atomic mass is 9.52. The lowest BCUT2D eigenvalue weighted by Gasteiger charge is -2.44. The van der Waals surface area contributed by atoms with E-state index in [1.54, 1.807) is 30.3 Å². The molecule has 3 heterocycles. The molecule has 1 unspecified atom stereocenters. The number of piperidine rings is 1. The number of rotatable bonds is 6. The summed E-state index contributed by atoms with van der Waals surface area (Å²) in [7, 11) is 25.2. The van der Waals surface area contributed by atoms with E-state index in [1.165, 1.54) is 9.80 Å². The Morgan fingerprint density at radius 2 is 1.84 bits per heavy atom. The van der Waals surface area contributed by atoms with Gasteiger partial charge in [0.15, 0.2) is 0 Å². The van der Waals surface area contributed by atoms with E-state index in [1.807, 2.05) is 0 Å². The summed E-state index contributed by atoms with van der Waals surface area (Å²) < 4.78 is 11.2. The first-order valence-corrected chi connectivity index (χ1v) is 12.1. The van der Waals surface area contributed by atoms with Gasteiger partial charge in [-0.3, -0.25) is 24.5 Å². The number of imide groups is 1. The fraction of sp³-hybridized carbons (Fsp3) is 0.360. The van der Waals surface area contributed by atoms with E-state index in [-0.39, 0.29) is 73.4 Å². The van der Waals surface area contributed by atoms with Crippen molar-refractivity contribution in [2.75, 3.05) is 19.8 Å². The number of hydrogen-bond acceptors (Lipinski definition) is 6. The third-order valence-corrected chi connectivity index (χ3v) is 7.03. The zero-order valence-electron chi connectivity index (χ0n) is 20.6. The van der Waals surface area contributed by atoms with Crippen LogP contribution in [0, 0.1) is 0 Å². The summed E-state index contributed by atoms with van der Waals surface area (Å²) in [6.45, 7) is 0.598. The first-order valence-electron chi connectivity index (χ1n) is 12.1. The van der Waals surface area contributed by atoms with Gasteiger partial charge in [-0.1, -0.05) is 34.7 Å². The molecular weight excluding hydrogens is 482 g/mol. The second-order valence-electron chi connectivity index (χ2n) is 9.54. The quantitative estimate of drug-likeness (QED) is 0.359. The average Bonchev–Trinajstić information content (AvgIpc) is 3.19. The molecule has 0 spiro atoms. The number of morpholine rings is 1. The molecule has 2 aromatic rings. The monoisotopic (exact) mass is 503 g/mol. The smallest absolute Gasteiger partial charge is 0.255 e. The number of carbonyl (C=O) groups is 4. The van der Waals surface area contributed by atoms with E-state index in [0.717, 1.165) is 0 Å². The Labute approximate surface area is 225 Å². The average molecular weight is 503 g/mol. The highest BCUT2D eigenvalue weighted by atomic mass is 16.5. The van der Waals surface area contributed by atoms with E-state index in [0.29, 0.717) is 29.0 Å². The maximum Gasteiger partial charge on any atom is 0.255 e. The van der Waals surface area contributed by atoms with E-state index in [2.05, 4.69) is 5.32 Å². The molecule has 2 fully saturated rings. The highest BCUT2D eigenvalue weighted by Gasteiger charge is 2.40. The number of benzene rings is 2. The lowest BCUT2D eigenvalue weighted by Crippen LogP contribution is -2.58. The second kappa shape index (κ2) is 10.0. The van der Waals surface area contributed by atoms with Crippen LogP contribution in [0.2, 0.25) is 0 Å². The van der Waals surface area contributed by atoms with Crippen LogP contribution in [0.3, 0.4) is 0 Å². The van der Waals surface area contributed by atoms with Gasteiger partial charge in [-0.2, -0.15) is 0 Å². The summed E-state index contributed by atoms with van der Waals surface area (Å²) >= 11 is 0. The maximum absolute atomic E-state index is 13.0. The molecule has 1 atom stereocenters. The minimum absolute atomic E-state index is 0.0658. The minimum Gasteiger partial charge on any atom is -0.489 e. The van der Waals surface area contributed by atoms with Crippen molar-refractivity contribution in [3.05, 3.63) is 52.6 Å². The van der Waals surface area contributed by atoms with Crippen molar-refractivity contribution in [2.45, 2.75) is 37.4 Å². The van der Waals surface area contributed by atoms with Gasteiger partial charge in [0.25, 0.3) is 5.91 Å². The molecule has 3 aliphatic rings. The highest BCUT2D eigenvalue weighted by Crippen LogP contribution is 2.34. The molecule has 0 bridgehead atoms. The number of amides is 4. The Bertz CT molecular complexity index is 1330. The van der Waals surface area contributed by atoms with E-state index >= 15 is 0 Å². The zero-order chi connectivity index (χ0) is 27.2. The van der Waals surface area contributed by atoms with Gasteiger partial charge in [0.1, 0.15) is 40.7 Å². The van der Waals surface area contributed by atoms with E-state index < -0.39 is 17.3 Å². The molecule has 13 heteroatoms. The van der Waals surface area contributed by atoms with Crippen LogP contribution < -0.4 is 21.0 Å². The Morgan fingerprint density at radius 3 is 2.53 bits per heavy atom. The molecule has 38 heavy (non-hydrogen) atoms. The van der Waals surface area contributed by atoms with Gasteiger partial charge in [0, 0.05) is 24.1 Å². The van der Waals surface area contributed by atoms with Crippen LogP contribution in [0.4, 0.5) is 0 Å². The fourth-order valence-electron chi connectivity index (χ4n) is 5.20. The van der Waals surface area contributed by atoms with Gasteiger partial charge < -0.3 is 19.3 Å². The molecule has 184 valence electrons. The Kier molecular flexibility index (Phi) is 6.90. The van der Waals surface area contributed by atoms with Crippen molar-refractivity contribution in [2.24, 2.45) is 0 Å². The maximum atomic E-state index is 13.0. The molecule has 9 nitrogen and oxygen atoms in total. The SMILES string of the molecule is [B]c1cc(COc2cccc3c2CN(C2CCC(=O)NC2=O)C3=O)cc([B])c1C([B])([B])N1CCOCC1=O. The van der Waals surface area contributed by atoms with Crippen LogP contribution >= 0.6 is 0 Å². The number of nitrogens with zero attached hydrogens (tertiary/aromatic N) is 2. The number of fused-ring (bicyclic) bond motifs is 1. The third-order valence-electron chi connectivity index (χ3n) is 7.03. The molecule has 1 N–H and O–H groups in total. The van der Waals surface area contributed by atoms with Gasteiger partial charge in [0.2, 0.25) is 17.7 Å². The second-order valence-corrected chi connectivity index (χ2v) is 9.54. The molecule has 8 radical (unpaired) electrons. The molecular formula is C25H21B4N3O6. The van der Waals surface area contributed by atoms with Crippen molar-refractivity contribution >= 4 is 65.9 Å². The molecule has 3 aliphatic heterocycles. The van der Waals surface area contributed by atoms with Crippen molar-refractivity contribution in [1.29, 1.82) is 0 Å². The number of carbonyl (C=O) groups excluding carboxylic acids is 4. The Balaban J connectivity index is 1.33. The van der Waals surface area contributed by atoms with Gasteiger partial charge in [-0.25, -0.2) is 0 Å². The number of ether oxygens (including phenoxy) is 2. The summed E-state index contributed by atoms with van der Waals surface area (Å²) in [6, 6.07) is 7.62. The van der Waals surface area contributed by atoms with Crippen LogP contribution in [0.5, 0.6) is 5.75 Å². The third kappa shape index (κ3) is 4.64. The number of hydrogen-bond donors (Lipinski definition) is 1. The normalized spacial score (nSPS) is 19.9. The topological polar surface area (TPSA) is 105 Å². The van der Waals surface area contributed by atoms with Crippen molar-refractivity contribution in [1.82, 2.24) is 15.1 Å². The lowest BCUT2D eigenvalue weighted by molar-refractivity contribution is -0.145. The van der Waals surface area contributed by atoms with Gasteiger partial charge >= 0.3 is 0 Å². The molecule has 0 aliphatic carbocycles. The summed E-state index contributed by atoms with van der Waals surface area (Å²) in [5.41, 5.74) is 2.33. The van der Waals surface area contributed by atoms with Gasteiger partial charge in [0.05, 0.1) is 28.8 Å². The molecule has 4 amide bonds. The van der Waals surface area contributed by atoms with Gasteiger partial charge in [-0.05, 0) is 29.5 Å². The standard InChI is InChI=1S/C25H21B4N3O6/c26-16-8-13(9-17(27)22(16)25(28,29)32-6-7-37-12-21(32)34)11-38-19-3-1-2-14-15(19)10-31(24(14)36)18-4-5-20(33)30-23(18)35/h1-3,8-9,18H,4-7,10-12H2,(H,30,33,35). The summed E-state index contributed by atoms with van der Waals surface area (Å²) in [6.07, 6.45) is 0.441. The van der Waals surface area contributed by atoms with Crippen LogP contribution in [-0.2, 0) is 37.6 Å². The summed E-state index contributed by atoms with van der Waals surface area (Å²) in [4.78, 5) is 51.9. The minimum atomic E-state index is -1.73. The van der Waals surface area contributed by atoms with Crippen LogP contribution in [0.1, 0.15) is 39.9 Å². The first kappa shape index (κ1) is 26.2. The van der Waals surface area contributed by atoms with E-state index in [9.17, 15) is 19.2 Å². The first-order chi connectivity index (χ1) is 18.1. The molecule has 0 saturated carbocycles. The van der Waals surface area contributed by atoms with Crippen LogP contribution in [-0.4, -0.2) is 90.6 Å². The van der Waals surface area contributed by atoms with Crippen LogP contribution in [0.15, 0.2) is 30.3 Å². The predicted molar refractivity (Wildman–Crippen MR) is 140 cm³/mol.